The summed E-state index contributed by atoms with van der Waals surface area (Å²) in [5, 5.41) is 8.74. The molecule has 8 heteroatoms. The second kappa shape index (κ2) is 6.40. The maximum atomic E-state index is 6.18. The van der Waals surface area contributed by atoms with E-state index >= 15 is 0 Å². The van der Waals surface area contributed by atoms with E-state index in [0.29, 0.717) is 27.9 Å². The fourth-order valence-corrected chi connectivity index (χ4v) is 2.08. The Hall–Kier alpha value is -2.05. The number of aromatic nitrogens is 2. The third-order valence-electron chi connectivity index (χ3n) is 2.42. The van der Waals surface area contributed by atoms with Crippen molar-refractivity contribution in [1.82, 2.24) is 9.55 Å². The second-order valence-electron chi connectivity index (χ2n) is 3.93. The minimum absolute atomic E-state index is 0.127. The van der Waals surface area contributed by atoms with Crippen molar-refractivity contribution in [2.75, 3.05) is 0 Å². The maximum absolute atomic E-state index is 6.18. The lowest BCUT2D eigenvalue weighted by Gasteiger charge is -2.08. The first-order chi connectivity index (χ1) is 9.56. The van der Waals surface area contributed by atoms with Crippen LogP contribution in [-0.2, 0) is 6.54 Å². The predicted octanol–water partition coefficient (Wildman–Crippen LogP) is 1.87. The highest BCUT2D eigenvalue weighted by Crippen LogP contribution is 2.22. The fourth-order valence-electron chi connectivity index (χ4n) is 1.57. The van der Waals surface area contributed by atoms with Crippen molar-refractivity contribution in [2.24, 2.45) is 21.7 Å². The minimum atomic E-state index is -0.127. The smallest absolute Gasteiger partial charge is 0.211 e. The van der Waals surface area contributed by atoms with Gasteiger partial charge in [-0.2, -0.15) is 0 Å². The monoisotopic (exact) mass is 310 g/mol. The molecule has 1 aromatic heterocycles. The molecule has 0 unspecified atom stereocenters. The summed E-state index contributed by atoms with van der Waals surface area (Å²) in [6.07, 6.45) is 5.13. The molecular formula is C12H12Cl2N6. The zero-order valence-corrected chi connectivity index (χ0v) is 11.9. The van der Waals surface area contributed by atoms with E-state index in [2.05, 4.69) is 15.2 Å². The van der Waals surface area contributed by atoms with Crippen LogP contribution >= 0.6 is 23.2 Å². The second-order valence-corrected chi connectivity index (χ2v) is 4.77. The highest BCUT2D eigenvalue weighted by atomic mass is 35.5. The number of imidazole rings is 1. The summed E-state index contributed by atoms with van der Waals surface area (Å²) in [6.45, 7) is 0.429. The van der Waals surface area contributed by atoms with Gasteiger partial charge in [0.05, 0.1) is 23.6 Å². The number of nitrogens with zero attached hydrogens (tertiary/aromatic N) is 4. The SMILES string of the molecule is NC(N)=N/N=C(/Cn1ccnc1)c1ccc(Cl)cc1Cl. The van der Waals surface area contributed by atoms with Gasteiger partial charge in [0.1, 0.15) is 0 Å². The average molecular weight is 311 g/mol. The summed E-state index contributed by atoms with van der Waals surface area (Å²) in [7, 11) is 0. The molecule has 0 saturated heterocycles. The number of rotatable bonds is 4. The van der Waals surface area contributed by atoms with Crippen LogP contribution in [0.25, 0.3) is 0 Å². The molecule has 0 aliphatic rings. The van der Waals surface area contributed by atoms with Crippen molar-refractivity contribution in [1.29, 1.82) is 0 Å². The molecule has 0 spiro atoms. The van der Waals surface area contributed by atoms with Crippen LogP contribution in [0, 0.1) is 0 Å². The van der Waals surface area contributed by atoms with E-state index < -0.39 is 0 Å². The molecule has 0 bridgehead atoms. The van der Waals surface area contributed by atoms with Gasteiger partial charge in [-0.1, -0.05) is 29.3 Å². The Morgan fingerprint density at radius 3 is 2.65 bits per heavy atom. The first-order valence-corrected chi connectivity index (χ1v) is 6.38. The molecule has 0 radical (unpaired) electrons. The van der Waals surface area contributed by atoms with Crippen LogP contribution in [-0.4, -0.2) is 21.2 Å². The van der Waals surface area contributed by atoms with Gasteiger partial charge in [0, 0.05) is 23.0 Å². The summed E-state index contributed by atoms with van der Waals surface area (Å²) >= 11 is 12.1. The van der Waals surface area contributed by atoms with Crippen LogP contribution < -0.4 is 11.5 Å². The number of nitrogens with two attached hydrogens (primary N) is 2. The third kappa shape index (κ3) is 3.72. The standard InChI is InChI=1S/C12H12Cl2N6/c13-8-1-2-9(10(14)5-8)11(18-19-12(15)16)6-20-4-3-17-7-20/h1-5,7H,6H2,(H4,15,16,19)/b18-11-. The Bertz CT molecular complexity index is 644. The first kappa shape index (κ1) is 14.4. The van der Waals surface area contributed by atoms with Crippen molar-refractivity contribution >= 4 is 34.9 Å². The van der Waals surface area contributed by atoms with Gasteiger partial charge in [-0.25, -0.2) is 4.98 Å². The van der Waals surface area contributed by atoms with Gasteiger partial charge in [0.15, 0.2) is 0 Å². The lowest BCUT2D eigenvalue weighted by atomic mass is 10.1. The van der Waals surface area contributed by atoms with E-state index in [1.165, 1.54) is 0 Å². The van der Waals surface area contributed by atoms with Gasteiger partial charge >= 0.3 is 0 Å². The Balaban J connectivity index is 2.40. The minimum Gasteiger partial charge on any atom is -0.369 e. The zero-order valence-electron chi connectivity index (χ0n) is 10.4. The summed E-state index contributed by atoms with van der Waals surface area (Å²) in [5.41, 5.74) is 11.9. The zero-order chi connectivity index (χ0) is 14.5. The van der Waals surface area contributed by atoms with Gasteiger partial charge in [-0.15, -0.1) is 10.2 Å². The van der Waals surface area contributed by atoms with Crippen LogP contribution in [0.15, 0.2) is 47.1 Å². The molecule has 2 aromatic rings. The van der Waals surface area contributed by atoms with Crippen LogP contribution in [0.2, 0.25) is 10.0 Å². The number of guanidine groups is 1. The largest absolute Gasteiger partial charge is 0.369 e. The van der Waals surface area contributed by atoms with Crippen molar-refractivity contribution in [3.8, 4) is 0 Å². The first-order valence-electron chi connectivity index (χ1n) is 5.63. The summed E-state index contributed by atoms with van der Waals surface area (Å²) in [4.78, 5) is 3.97. The molecule has 2 rings (SSSR count). The number of hydrogen-bond donors (Lipinski definition) is 2. The molecular weight excluding hydrogens is 299 g/mol. The highest BCUT2D eigenvalue weighted by molar-refractivity contribution is 6.37. The van der Waals surface area contributed by atoms with Crippen molar-refractivity contribution in [3.05, 3.63) is 52.5 Å². The van der Waals surface area contributed by atoms with E-state index in [-0.39, 0.29) is 5.96 Å². The topological polar surface area (TPSA) is 94.6 Å². The summed E-state index contributed by atoms with van der Waals surface area (Å²) in [5.74, 6) is -0.127. The molecule has 20 heavy (non-hydrogen) atoms. The number of benzene rings is 1. The predicted molar refractivity (Wildman–Crippen MR) is 81.0 cm³/mol. The highest BCUT2D eigenvalue weighted by Gasteiger charge is 2.10. The molecule has 1 aromatic carbocycles. The number of halogens is 2. The fraction of sp³-hybridized carbons (Fsp3) is 0.0833. The molecule has 6 nitrogen and oxygen atoms in total. The Kier molecular flexibility index (Phi) is 4.60. The van der Waals surface area contributed by atoms with Crippen LogP contribution in [0.5, 0.6) is 0 Å². The van der Waals surface area contributed by atoms with Crippen LogP contribution in [0.4, 0.5) is 0 Å². The quantitative estimate of drug-likeness (QED) is 0.512. The van der Waals surface area contributed by atoms with Gasteiger partial charge in [0.25, 0.3) is 0 Å². The molecule has 0 saturated carbocycles. The third-order valence-corrected chi connectivity index (χ3v) is 2.97. The van der Waals surface area contributed by atoms with Crippen molar-refractivity contribution < 1.29 is 0 Å². The molecule has 1 heterocycles. The average Bonchev–Trinajstić information content (AvgIpc) is 2.87. The molecule has 104 valence electrons. The van der Waals surface area contributed by atoms with E-state index in [9.17, 15) is 0 Å². The van der Waals surface area contributed by atoms with Crippen LogP contribution in [0.3, 0.4) is 0 Å². The molecule has 0 fully saturated rings. The summed E-state index contributed by atoms with van der Waals surface area (Å²) < 4.78 is 1.83. The van der Waals surface area contributed by atoms with Crippen molar-refractivity contribution in [2.45, 2.75) is 6.54 Å². The summed E-state index contributed by atoms with van der Waals surface area (Å²) in [6, 6.07) is 5.13. The number of hydrogen-bond acceptors (Lipinski definition) is 3. The lowest BCUT2D eigenvalue weighted by Crippen LogP contribution is -2.22. The molecule has 4 N–H and O–H groups in total. The van der Waals surface area contributed by atoms with Gasteiger partial charge < -0.3 is 16.0 Å². The molecule has 0 aliphatic carbocycles. The van der Waals surface area contributed by atoms with Crippen LogP contribution in [0.1, 0.15) is 5.56 Å². The van der Waals surface area contributed by atoms with Gasteiger partial charge in [-0.05, 0) is 12.1 Å². The Morgan fingerprint density at radius 2 is 2.05 bits per heavy atom. The van der Waals surface area contributed by atoms with E-state index in [1.807, 2.05) is 4.57 Å². The molecule has 0 atom stereocenters. The Morgan fingerprint density at radius 1 is 1.25 bits per heavy atom. The normalized spacial score (nSPS) is 11.4. The van der Waals surface area contributed by atoms with Gasteiger partial charge in [-0.3, -0.25) is 0 Å². The van der Waals surface area contributed by atoms with E-state index in [0.717, 1.165) is 0 Å². The molecule has 0 aliphatic heterocycles. The maximum Gasteiger partial charge on any atom is 0.211 e. The molecule has 0 amide bonds. The van der Waals surface area contributed by atoms with E-state index in [4.69, 9.17) is 34.7 Å². The van der Waals surface area contributed by atoms with E-state index in [1.54, 1.807) is 36.9 Å². The lowest BCUT2D eigenvalue weighted by molar-refractivity contribution is 0.846. The Labute approximate surface area is 125 Å². The van der Waals surface area contributed by atoms with Crippen molar-refractivity contribution in [3.63, 3.8) is 0 Å². The van der Waals surface area contributed by atoms with Gasteiger partial charge in [0.2, 0.25) is 5.96 Å².